The molecule has 3 aromatic carbocycles. The van der Waals surface area contributed by atoms with Crippen LogP contribution in [0.25, 0.3) is 0 Å². The molecule has 0 radical (unpaired) electrons. The van der Waals surface area contributed by atoms with Crippen LogP contribution < -0.4 is 32.9 Å². The minimum absolute atomic E-state index is 0. The SMILES string of the molecule is BrCCCCCCCCC[P+](c1ccccc1)(c1ccccc1)c1ccccc1.[Br-]. The zero-order chi connectivity index (χ0) is 20.2. The van der Waals surface area contributed by atoms with Crippen LogP contribution in [0.1, 0.15) is 44.9 Å². The van der Waals surface area contributed by atoms with E-state index in [1.54, 1.807) is 0 Å². The third kappa shape index (κ3) is 6.78. The number of hydrogen-bond donors (Lipinski definition) is 0. The molecule has 3 heteroatoms. The summed E-state index contributed by atoms with van der Waals surface area (Å²) in [6, 6.07) is 33.8. The molecule has 0 saturated carbocycles. The number of unbranched alkanes of at least 4 members (excludes halogenated alkanes) is 6. The lowest BCUT2D eigenvalue weighted by Gasteiger charge is -2.27. The number of hydrogen-bond acceptors (Lipinski definition) is 0. The van der Waals surface area contributed by atoms with Crippen molar-refractivity contribution in [2.75, 3.05) is 11.5 Å². The molecule has 30 heavy (non-hydrogen) atoms. The summed E-state index contributed by atoms with van der Waals surface area (Å²) in [6.07, 6.45) is 10.7. The summed E-state index contributed by atoms with van der Waals surface area (Å²) in [4.78, 5) is 0. The average Bonchev–Trinajstić information content (AvgIpc) is 2.80. The fourth-order valence-corrected chi connectivity index (χ4v) is 9.02. The molecule has 3 rings (SSSR count). The van der Waals surface area contributed by atoms with Crippen LogP contribution in [-0.2, 0) is 0 Å². The van der Waals surface area contributed by atoms with Gasteiger partial charge in [-0.1, -0.05) is 96.2 Å². The molecule has 0 saturated heterocycles. The second-order valence-corrected chi connectivity index (χ2v) is 12.1. The highest BCUT2D eigenvalue weighted by molar-refractivity contribution is 9.09. The van der Waals surface area contributed by atoms with Gasteiger partial charge in [-0.15, -0.1) is 0 Å². The summed E-state index contributed by atoms with van der Waals surface area (Å²) < 4.78 is 0. The van der Waals surface area contributed by atoms with Crippen LogP contribution in [0, 0.1) is 0 Å². The van der Waals surface area contributed by atoms with Crippen LogP contribution in [0.5, 0.6) is 0 Å². The van der Waals surface area contributed by atoms with Crippen LogP contribution in [-0.4, -0.2) is 11.5 Å². The van der Waals surface area contributed by atoms with Gasteiger partial charge in [0, 0.05) is 5.33 Å². The summed E-state index contributed by atoms with van der Waals surface area (Å²) in [5.74, 6) is 0. The van der Waals surface area contributed by atoms with Crippen molar-refractivity contribution in [3.05, 3.63) is 91.0 Å². The Balaban J connectivity index is 0.00000320. The van der Waals surface area contributed by atoms with Crippen molar-refractivity contribution in [2.45, 2.75) is 44.9 Å². The Labute approximate surface area is 202 Å². The van der Waals surface area contributed by atoms with Crippen molar-refractivity contribution in [3.63, 3.8) is 0 Å². The quantitative estimate of drug-likeness (QED) is 0.182. The number of alkyl halides is 1. The molecule has 0 nitrogen and oxygen atoms in total. The first-order valence-electron chi connectivity index (χ1n) is 11.0. The largest absolute Gasteiger partial charge is 1.00 e. The van der Waals surface area contributed by atoms with Crippen LogP contribution in [0.15, 0.2) is 91.0 Å². The molecular formula is C27H33Br2P. The molecule has 160 valence electrons. The van der Waals surface area contributed by atoms with Gasteiger partial charge in [-0.25, -0.2) is 0 Å². The minimum Gasteiger partial charge on any atom is -1.00 e. The summed E-state index contributed by atoms with van der Waals surface area (Å²) in [5, 5.41) is 5.67. The van der Waals surface area contributed by atoms with Crippen LogP contribution in [0.3, 0.4) is 0 Å². The van der Waals surface area contributed by atoms with Gasteiger partial charge in [0.05, 0.1) is 6.16 Å². The highest BCUT2D eigenvalue weighted by atomic mass is 79.9. The van der Waals surface area contributed by atoms with Crippen LogP contribution in [0.4, 0.5) is 0 Å². The molecule has 0 amide bonds. The second kappa shape index (κ2) is 14.2. The predicted molar refractivity (Wildman–Crippen MR) is 136 cm³/mol. The molecule has 0 unspecified atom stereocenters. The maximum absolute atomic E-state index is 3.54. The van der Waals surface area contributed by atoms with Crippen molar-refractivity contribution in [3.8, 4) is 0 Å². The van der Waals surface area contributed by atoms with E-state index in [1.807, 2.05) is 0 Å². The Morgan fingerprint density at radius 3 is 1.17 bits per heavy atom. The number of rotatable bonds is 12. The molecule has 0 fully saturated rings. The summed E-state index contributed by atoms with van der Waals surface area (Å²) in [5.41, 5.74) is 0. The van der Waals surface area contributed by atoms with Gasteiger partial charge in [0.15, 0.2) is 0 Å². The maximum Gasteiger partial charge on any atom is 0.112 e. The van der Waals surface area contributed by atoms with Crippen molar-refractivity contribution >= 4 is 39.1 Å². The zero-order valence-electron chi connectivity index (χ0n) is 17.7. The van der Waals surface area contributed by atoms with E-state index in [1.165, 1.54) is 67.0 Å². The van der Waals surface area contributed by atoms with Crippen LogP contribution in [0.2, 0.25) is 0 Å². The Bertz CT molecular complexity index is 709. The average molecular weight is 548 g/mol. The van der Waals surface area contributed by atoms with Gasteiger partial charge in [-0.05, 0) is 55.7 Å². The fourth-order valence-electron chi connectivity index (χ4n) is 4.21. The van der Waals surface area contributed by atoms with Crippen molar-refractivity contribution in [1.29, 1.82) is 0 Å². The van der Waals surface area contributed by atoms with Crippen molar-refractivity contribution < 1.29 is 17.0 Å². The summed E-state index contributed by atoms with van der Waals surface area (Å²) in [7, 11) is -1.63. The van der Waals surface area contributed by atoms with E-state index in [9.17, 15) is 0 Å². The number of benzene rings is 3. The van der Waals surface area contributed by atoms with E-state index >= 15 is 0 Å². The first-order valence-corrected chi connectivity index (χ1v) is 14.1. The second-order valence-electron chi connectivity index (χ2n) is 7.70. The maximum atomic E-state index is 3.54. The van der Waals surface area contributed by atoms with Gasteiger partial charge in [0.25, 0.3) is 0 Å². The van der Waals surface area contributed by atoms with Crippen LogP contribution >= 0.6 is 23.2 Å². The fraction of sp³-hybridized carbons (Fsp3) is 0.333. The Kier molecular flexibility index (Phi) is 12.0. The highest BCUT2D eigenvalue weighted by Crippen LogP contribution is 2.55. The van der Waals surface area contributed by atoms with Gasteiger partial charge < -0.3 is 17.0 Å². The summed E-state index contributed by atoms with van der Waals surface area (Å²) >= 11 is 3.54. The molecule has 0 bridgehead atoms. The Morgan fingerprint density at radius 2 is 0.800 bits per heavy atom. The molecular weight excluding hydrogens is 515 g/mol. The van der Waals surface area contributed by atoms with Gasteiger partial charge in [-0.3, -0.25) is 0 Å². The normalized spacial score (nSPS) is 11.1. The van der Waals surface area contributed by atoms with Gasteiger partial charge in [0.1, 0.15) is 23.2 Å². The first kappa shape index (κ1) is 25.3. The molecule has 0 aliphatic carbocycles. The zero-order valence-corrected chi connectivity index (χ0v) is 21.8. The van der Waals surface area contributed by atoms with E-state index in [-0.39, 0.29) is 17.0 Å². The van der Waals surface area contributed by atoms with Crippen molar-refractivity contribution in [1.82, 2.24) is 0 Å². The van der Waals surface area contributed by atoms with Gasteiger partial charge in [0.2, 0.25) is 0 Å². The van der Waals surface area contributed by atoms with Gasteiger partial charge >= 0.3 is 0 Å². The highest BCUT2D eigenvalue weighted by Gasteiger charge is 2.44. The van der Waals surface area contributed by atoms with E-state index in [2.05, 4.69) is 107 Å². The molecule has 0 heterocycles. The smallest absolute Gasteiger partial charge is 0.112 e. The molecule has 0 aliphatic heterocycles. The van der Waals surface area contributed by atoms with Crippen molar-refractivity contribution in [2.24, 2.45) is 0 Å². The third-order valence-electron chi connectivity index (χ3n) is 5.72. The van der Waals surface area contributed by atoms with E-state index < -0.39 is 7.26 Å². The van der Waals surface area contributed by atoms with E-state index in [0.29, 0.717) is 0 Å². The monoisotopic (exact) mass is 546 g/mol. The third-order valence-corrected chi connectivity index (χ3v) is 10.8. The Morgan fingerprint density at radius 1 is 0.467 bits per heavy atom. The van der Waals surface area contributed by atoms with E-state index in [4.69, 9.17) is 0 Å². The van der Waals surface area contributed by atoms with Gasteiger partial charge in [-0.2, -0.15) is 0 Å². The number of halogens is 2. The lowest BCUT2D eigenvalue weighted by Crippen LogP contribution is -3.00. The standard InChI is InChI=1S/C27H33BrP.BrH/c28-23-15-4-2-1-3-5-16-24-29(25-17-9-6-10-18-25,26-19-11-7-12-20-26)27-21-13-8-14-22-27;/h6-14,17-22H,1-5,15-16,23-24H2;1H/q+1;/p-1. The molecule has 0 spiro atoms. The molecule has 0 aromatic heterocycles. The Hall–Kier alpha value is -0.950. The van der Waals surface area contributed by atoms with E-state index in [0.717, 1.165) is 5.33 Å². The molecule has 3 aromatic rings. The summed E-state index contributed by atoms with van der Waals surface area (Å²) in [6.45, 7) is 0. The molecule has 0 atom stereocenters. The lowest BCUT2D eigenvalue weighted by molar-refractivity contribution is -0.00000568. The topological polar surface area (TPSA) is 0 Å². The minimum atomic E-state index is -1.63. The lowest BCUT2D eigenvalue weighted by atomic mass is 10.1. The first-order chi connectivity index (χ1) is 14.4. The molecule has 0 N–H and O–H groups in total. The molecule has 0 aliphatic rings. The predicted octanol–water partition coefficient (Wildman–Crippen LogP) is 4.11.